The van der Waals surface area contributed by atoms with E-state index in [-0.39, 0.29) is 27.6 Å². The van der Waals surface area contributed by atoms with E-state index in [0.717, 1.165) is 0 Å². The lowest BCUT2D eigenvalue weighted by molar-refractivity contribution is -0.432. The molecule has 94 valence electrons. The molecule has 19 heavy (non-hydrogen) atoms. The number of hydrogen-bond acceptors (Lipinski definition) is 3. The molecule has 6 nitrogen and oxygen atoms in total. The van der Waals surface area contributed by atoms with Crippen LogP contribution in [0.25, 0.3) is 22.1 Å². The predicted octanol–water partition coefficient (Wildman–Crippen LogP) is 1.75. The molecule has 3 aromatic rings. The van der Waals surface area contributed by atoms with Gasteiger partial charge in [0, 0.05) is 17.0 Å². The molecule has 2 aromatic carbocycles. The van der Waals surface area contributed by atoms with Crippen molar-refractivity contribution in [1.82, 2.24) is 4.73 Å². The van der Waals surface area contributed by atoms with Crippen LogP contribution in [-0.2, 0) is 0 Å². The van der Waals surface area contributed by atoms with Crippen molar-refractivity contribution < 1.29 is 14.3 Å². The normalized spacial score (nSPS) is 10.9. The molecule has 0 fully saturated rings. The second-order valence-electron chi connectivity index (χ2n) is 4.09. The summed E-state index contributed by atoms with van der Waals surface area (Å²) in [5.41, 5.74) is 0.584. The van der Waals surface area contributed by atoms with Crippen LogP contribution in [0.1, 0.15) is 10.4 Å². The number of rotatable bonds is 1. The molecule has 0 aliphatic carbocycles. The smallest absolute Gasteiger partial charge is 0.335 e. The molecule has 3 rings (SSSR count). The van der Waals surface area contributed by atoms with Crippen molar-refractivity contribution in [2.75, 3.05) is 0 Å². The van der Waals surface area contributed by atoms with Gasteiger partial charge >= 0.3 is 5.97 Å². The molecule has 1 aromatic heterocycles. The number of para-hydroxylation sites is 2. The molecule has 6 heteroatoms. The fraction of sp³-hybridized carbons (Fsp3) is 0. The third-order valence-corrected chi connectivity index (χ3v) is 2.98. The van der Waals surface area contributed by atoms with Gasteiger partial charge in [0.05, 0.1) is 9.99 Å². The lowest BCUT2D eigenvalue weighted by atomic mass is 10.2. The fourth-order valence-corrected chi connectivity index (χ4v) is 2.06. The van der Waals surface area contributed by atoms with Gasteiger partial charge in [0.1, 0.15) is 11.0 Å². The second kappa shape index (κ2) is 3.81. The number of carboxylic acid groups (broad SMARTS) is 1. The lowest BCUT2D eigenvalue weighted by Crippen LogP contribution is -2.19. The van der Waals surface area contributed by atoms with Gasteiger partial charge in [0.2, 0.25) is 0 Å². The molecular weight excluding hydrogens is 248 g/mol. The summed E-state index contributed by atoms with van der Waals surface area (Å²) < 4.78 is 1.20. The highest BCUT2D eigenvalue weighted by Crippen LogP contribution is 2.18. The first-order chi connectivity index (χ1) is 9.09. The van der Waals surface area contributed by atoms with Crippen molar-refractivity contribution in [3.63, 3.8) is 0 Å². The molecule has 0 aliphatic rings. The molecule has 0 saturated heterocycles. The summed E-state index contributed by atoms with van der Waals surface area (Å²) >= 11 is 0. The maximum atomic E-state index is 12.2. The van der Waals surface area contributed by atoms with Gasteiger partial charge in [-0.15, -0.1) is 0 Å². The van der Waals surface area contributed by atoms with Crippen LogP contribution in [0.4, 0.5) is 0 Å². The van der Waals surface area contributed by atoms with Crippen molar-refractivity contribution in [3.05, 3.63) is 58.1 Å². The van der Waals surface area contributed by atoms with Crippen LogP contribution in [-0.4, -0.2) is 15.8 Å². The number of carbonyl (C=O) groups is 1. The van der Waals surface area contributed by atoms with Crippen molar-refractivity contribution in [3.8, 4) is 0 Å². The number of aromatic carboxylic acids is 1. The standard InChI is InChI=1S/C13H8N2O4/c16-13(17)8-5-6-11-12(7-8)15(19)10-4-2-1-3-9(10)14(11)18/h1-7H,(H,16,17). The zero-order valence-corrected chi connectivity index (χ0v) is 9.61. The number of hydrogen-bond donors (Lipinski definition) is 1. The number of benzene rings is 2. The third-order valence-electron chi connectivity index (χ3n) is 2.98. The Kier molecular flexibility index (Phi) is 2.25. The van der Waals surface area contributed by atoms with Crippen LogP contribution < -0.4 is 4.43 Å². The Morgan fingerprint density at radius 3 is 2.53 bits per heavy atom. The molecule has 0 bridgehead atoms. The van der Waals surface area contributed by atoms with Gasteiger partial charge in [-0.1, -0.05) is 12.1 Å². The Morgan fingerprint density at radius 2 is 1.79 bits per heavy atom. The van der Waals surface area contributed by atoms with Crippen LogP contribution in [0.15, 0.2) is 42.5 Å². The van der Waals surface area contributed by atoms with Crippen LogP contribution >= 0.6 is 0 Å². The molecule has 0 radical (unpaired) electrons. The summed E-state index contributed by atoms with van der Waals surface area (Å²) in [6.45, 7) is 0. The molecule has 1 N–H and O–H groups in total. The molecule has 0 saturated carbocycles. The molecule has 0 aliphatic heterocycles. The third kappa shape index (κ3) is 1.54. The maximum Gasteiger partial charge on any atom is 0.335 e. The van der Waals surface area contributed by atoms with Crippen molar-refractivity contribution in [2.24, 2.45) is 0 Å². The van der Waals surface area contributed by atoms with Crippen LogP contribution in [0, 0.1) is 10.1 Å². The minimum atomic E-state index is -1.15. The Labute approximate surface area is 106 Å². The van der Waals surface area contributed by atoms with Crippen LogP contribution in [0.5, 0.6) is 0 Å². The summed E-state index contributed by atoms with van der Waals surface area (Å²) in [6, 6.07) is 10.2. The quantitative estimate of drug-likeness (QED) is 0.530. The van der Waals surface area contributed by atoms with Gasteiger partial charge in [-0.25, -0.2) is 4.79 Å². The van der Waals surface area contributed by atoms with Gasteiger partial charge in [0.25, 0.3) is 11.0 Å². The first-order valence-electron chi connectivity index (χ1n) is 5.50. The Hall–Kier alpha value is -2.89. The Morgan fingerprint density at radius 1 is 1.11 bits per heavy atom. The zero-order valence-electron chi connectivity index (χ0n) is 9.61. The summed E-state index contributed by atoms with van der Waals surface area (Å²) in [5.74, 6) is -1.15. The summed E-state index contributed by atoms with van der Waals surface area (Å²) in [6.07, 6.45) is 0. The first kappa shape index (κ1) is 11.2. The van der Waals surface area contributed by atoms with E-state index in [1.54, 1.807) is 18.2 Å². The monoisotopic (exact) mass is 256 g/mol. The highest BCUT2D eigenvalue weighted by atomic mass is 16.5. The molecule has 0 amide bonds. The topological polar surface area (TPSA) is 88.3 Å². The second-order valence-corrected chi connectivity index (χ2v) is 4.09. The Balaban J connectivity index is 2.56. The van der Waals surface area contributed by atoms with E-state index in [2.05, 4.69) is 0 Å². The van der Waals surface area contributed by atoms with E-state index in [0.29, 0.717) is 9.16 Å². The fourth-order valence-electron chi connectivity index (χ4n) is 2.06. The van der Waals surface area contributed by atoms with E-state index in [1.165, 1.54) is 24.3 Å². The van der Waals surface area contributed by atoms with E-state index in [1.807, 2.05) is 0 Å². The van der Waals surface area contributed by atoms with Crippen molar-refractivity contribution >= 4 is 28.0 Å². The largest absolute Gasteiger partial charge is 0.805 e. The number of aromatic nitrogens is 2. The van der Waals surface area contributed by atoms with Gasteiger partial charge in [-0.3, -0.25) is 0 Å². The van der Waals surface area contributed by atoms with Crippen LogP contribution in [0.2, 0.25) is 0 Å². The van der Waals surface area contributed by atoms with E-state index in [4.69, 9.17) is 5.11 Å². The number of fused-ring (bicyclic) bond motifs is 2. The van der Waals surface area contributed by atoms with Gasteiger partial charge in [0.15, 0.2) is 0 Å². The SMILES string of the molecule is O=C(O)c1ccc2c(c1)n([O-])c1ccccc1[n+]2=O. The van der Waals surface area contributed by atoms with Gasteiger partial charge in [-0.2, -0.15) is 0 Å². The van der Waals surface area contributed by atoms with E-state index in [9.17, 15) is 14.9 Å². The average molecular weight is 256 g/mol. The minimum absolute atomic E-state index is 0.0348. The van der Waals surface area contributed by atoms with Gasteiger partial charge < -0.3 is 15.0 Å². The summed E-state index contributed by atoms with van der Waals surface area (Å²) in [7, 11) is 0. The molecule has 1 heterocycles. The van der Waals surface area contributed by atoms with Crippen molar-refractivity contribution in [1.29, 1.82) is 0 Å². The number of nitrogens with zero attached hydrogens (tertiary/aromatic N) is 2. The zero-order chi connectivity index (χ0) is 13.6. The first-order valence-corrected chi connectivity index (χ1v) is 5.50. The lowest BCUT2D eigenvalue weighted by Gasteiger charge is -2.14. The van der Waals surface area contributed by atoms with Crippen LogP contribution in [0.3, 0.4) is 0 Å². The Bertz CT molecular complexity index is 883. The molecular formula is C13H8N2O4. The maximum absolute atomic E-state index is 12.2. The van der Waals surface area contributed by atoms with Crippen molar-refractivity contribution in [2.45, 2.75) is 0 Å². The highest BCUT2D eigenvalue weighted by molar-refractivity contribution is 5.93. The molecule has 0 spiro atoms. The molecule has 0 atom stereocenters. The van der Waals surface area contributed by atoms with Gasteiger partial charge in [-0.05, 0) is 18.2 Å². The minimum Gasteiger partial charge on any atom is -0.805 e. The predicted molar refractivity (Wildman–Crippen MR) is 68.5 cm³/mol. The number of carboxylic acids is 1. The van der Waals surface area contributed by atoms with E-state index >= 15 is 0 Å². The average Bonchev–Trinajstić information content (AvgIpc) is 2.44. The summed E-state index contributed by atoms with van der Waals surface area (Å²) in [5, 5.41) is 21.1. The highest BCUT2D eigenvalue weighted by Gasteiger charge is 2.16. The summed E-state index contributed by atoms with van der Waals surface area (Å²) in [4.78, 5) is 23.0. The van der Waals surface area contributed by atoms with E-state index < -0.39 is 5.97 Å². The molecule has 0 unspecified atom stereocenters.